The van der Waals surface area contributed by atoms with Crippen LogP contribution in [0.1, 0.15) is 53.9 Å². The smallest absolute Gasteiger partial charge is 0.306 e. The second-order valence-corrected chi connectivity index (χ2v) is 11.6. The number of Topliss-reactive ketones (excluding diaryl/α,β-unsaturated/α-hetero) is 1. The Balaban J connectivity index is 1.34. The Morgan fingerprint density at radius 1 is 0.791 bits per heavy atom. The van der Waals surface area contributed by atoms with Gasteiger partial charge < -0.3 is 34.1 Å². The lowest BCUT2D eigenvalue weighted by Crippen LogP contribution is -2.28. The summed E-state index contributed by atoms with van der Waals surface area (Å²) in [5.74, 6) is -1.82. The van der Waals surface area contributed by atoms with Crippen LogP contribution in [0.2, 0.25) is 0 Å². The zero-order valence-corrected chi connectivity index (χ0v) is 25.3. The van der Waals surface area contributed by atoms with Gasteiger partial charge in [-0.05, 0) is 40.8 Å². The molecule has 0 radical (unpaired) electrons. The number of carbonyl (C=O) groups is 4. The van der Waals surface area contributed by atoms with Gasteiger partial charge in [0.05, 0.1) is 44.1 Å². The minimum Gasteiger partial charge on any atom is -0.493 e. The third-order valence-corrected chi connectivity index (χ3v) is 8.40. The Kier molecular flexibility index (Phi) is 10.1. The monoisotopic (exact) mass is 613 g/mol. The average molecular weight is 614 g/mol. The highest BCUT2D eigenvalue weighted by Crippen LogP contribution is 2.38. The van der Waals surface area contributed by atoms with Gasteiger partial charge in [-0.2, -0.15) is 0 Å². The lowest BCUT2D eigenvalue weighted by molar-refractivity contribution is -0.145. The molecule has 43 heavy (non-hydrogen) atoms. The van der Waals surface area contributed by atoms with Crippen LogP contribution < -0.4 is 18.9 Å². The van der Waals surface area contributed by atoms with Crippen molar-refractivity contribution in [3.05, 3.63) is 46.3 Å². The first-order valence-corrected chi connectivity index (χ1v) is 14.7. The van der Waals surface area contributed by atoms with Crippen molar-refractivity contribution in [2.75, 3.05) is 27.4 Å². The molecule has 2 heterocycles. The minimum absolute atomic E-state index is 0.0562. The zero-order chi connectivity index (χ0) is 31.3. The third-order valence-electron chi connectivity index (χ3n) is 7.26. The number of amides is 1. The predicted molar refractivity (Wildman–Crippen MR) is 158 cm³/mol. The van der Waals surface area contributed by atoms with Crippen molar-refractivity contribution in [2.45, 2.75) is 46.2 Å². The van der Waals surface area contributed by atoms with E-state index in [1.54, 1.807) is 24.1 Å². The van der Waals surface area contributed by atoms with Crippen LogP contribution in [-0.2, 0) is 27.5 Å². The highest BCUT2D eigenvalue weighted by atomic mass is 32.1. The van der Waals surface area contributed by atoms with Crippen LogP contribution in [0.3, 0.4) is 0 Å². The molecule has 0 aliphatic carbocycles. The Labute approximate surface area is 252 Å². The molecule has 1 amide bonds. The summed E-state index contributed by atoms with van der Waals surface area (Å²) >= 11 is 1.29. The van der Waals surface area contributed by atoms with Crippen molar-refractivity contribution in [1.29, 1.82) is 0 Å². The zero-order valence-electron chi connectivity index (χ0n) is 24.5. The summed E-state index contributed by atoms with van der Waals surface area (Å²) in [7, 11) is 3.08. The van der Waals surface area contributed by atoms with Crippen LogP contribution in [0.25, 0.3) is 10.1 Å². The van der Waals surface area contributed by atoms with Crippen LogP contribution in [0.15, 0.2) is 30.3 Å². The van der Waals surface area contributed by atoms with Gasteiger partial charge in [0.2, 0.25) is 5.91 Å². The molecule has 12 heteroatoms. The second kappa shape index (κ2) is 13.8. The summed E-state index contributed by atoms with van der Waals surface area (Å²) in [5.41, 5.74) is 1.86. The van der Waals surface area contributed by atoms with E-state index >= 15 is 0 Å². The number of aliphatic carboxylic acids is 2. The fourth-order valence-electron chi connectivity index (χ4n) is 4.68. The first-order chi connectivity index (χ1) is 20.5. The van der Waals surface area contributed by atoms with E-state index in [2.05, 4.69) is 0 Å². The van der Waals surface area contributed by atoms with Crippen LogP contribution >= 0.6 is 11.3 Å². The summed E-state index contributed by atoms with van der Waals surface area (Å²) in [6.07, 6.45) is 0.417. The number of ether oxygens (including phenoxy) is 4. The van der Waals surface area contributed by atoms with Gasteiger partial charge in [0.25, 0.3) is 0 Å². The number of carbonyl (C=O) groups excluding carboxylic acids is 2. The molecule has 2 atom stereocenters. The minimum atomic E-state index is -1.01. The standard InChI is InChI=1S/C31H35NO10S/c1-17(30(35)36)8-22(33)28-13-19-10-23(39-3)26(14-27(19)43-28)42-7-5-6-41-25-12-21-16-32(15-20(21)11-24(25)40-4)29(34)9-18(2)31(37)38/h10-14,17-18H,5-9,15-16H2,1-4H3,(H,35,36)(H,37,38). The lowest BCUT2D eigenvalue weighted by atomic mass is 10.0. The Hall–Kier alpha value is -4.32. The summed E-state index contributed by atoms with van der Waals surface area (Å²) in [6.45, 7) is 4.45. The van der Waals surface area contributed by atoms with E-state index in [0.29, 0.717) is 60.6 Å². The number of hydrogen-bond acceptors (Lipinski definition) is 9. The van der Waals surface area contributed by atoms with E-state index in [0.717, 1.165) is 21.2 Å². The van der Waals surface area contributed by atoms with E-state index < -0.39 is 23.8 Å². The molecule has 1 aliphatic heterocycles. The van der Waals surface area contributed by atoms with E-state index in [1.165, 1.54) is 32.3 Å². The number of rotatable bonds is 15. The molecule has 1 aromatic heterocycles. The van der Waals surface area contributed by atoms with Gasteiger partial charge in [-0.1, -0.05) is 13.8 Å². The average Bonchev–Trinajstić information content (AvgIpc) is 3.59. The largest absolute Gasteiger partial charge is 0.493 e. The van der Waals surface area contributed by atoms with Crippen molar-refractivity contribution < 1.29 is 48.3 Å². The van der Waals surface area contributed by atoms with Crippen molar-refractivity contribution in [1.82, 2.24) is 4.90 Å². The van der Waals surface area contributed by atoms with Gasteiger partial charge in [-0.25, -0.2) is 0 Å². The Morgan fingerprint density at radius 2 is 1.33 bits per heavy atom. The fourth-order valence-corrected chi connectivity index (χ4v) is 5.70. The molecule has 1 aliphatic rings. The molecule has 3 aromatic rings. The normalized spacial score (nSPS) is 13.7. The van der Waals surface area contributed by atoms with Crippen molar-refractivity contribution >= 4 is 45.1 Å². The molecule has 0 bridgehead atoms. The molecular formula is C31H35NO10S. The van der Waals surface area contributed by atoms with Gasteiger partial charge in [0.15, 0.2) is 28.8 Å². The van der Waals surface area contributed by atoms with E-state index in [1.807, 2.05) is 18.2 Å². The number of carboxylic acids is 2. The first-order valence-electron chi connectivity index (χ1n) is 13.8. The van der Waals surface area contributed by atoms with E-state index in [4.69, 9.17) is 29.2 Å². The molecule has 0 saturated heterocycles. The number of methoxy groups -OCH3 is 2. The number of benzene rings is 2. The molecule has 0 spiro atoms. The highest BCUT2D eigenvalue weighted by Gasteiger charge is 2.28. The van der Waals surface area contributed by atoms with Crippen LogP contribution in [0.5, 0.6) is 23.0 Å². The molecular weight excluding hydrogens is 578 g/mol. The number of ketones is 1. The molecule has 0 saturated carbocycles. The number of fused-ring (bicyclic) bond motifs is 2. The second-order valence-electron chi connectivity index (χ2n) is 10.5. The SMILES string of the molecule is COc1cc2c(cc1OCCCOc1cc3sc(C(=O)CC(C)C(=O)O)cc3cc1OC)CN(C(=O)CC(C)C(=O)O)C2. The summed E-state index contributed by atoms with van der Waals surface area (Å²) in [6, 6.07) is 9.04. The lowest BCUT2D eigenvalue weighted by Gasteiger charge is -2.16. The first kappa shape index (κ1) is 31.6. The molecule has 2 unspecified atom stereocenters. The highest BCUT2D eigenvalue weighted by molar-refractivity contribution is 7.20. The van der Waals surface area contributed by atoms with Crippen LogP contribution in [0, 0.1) is 11.8 Å². The summed E-state index contributed by atoms with van der Waals surface area (Å²) in [4.78, 5) is 49.5. The van der Waals surface area contributed by atoms with Gasteiger partial charge in [-0.3, -0.25) is 19.2 Å². The fraction of sp³-hybridized carbons (Fsp3) is 0.419. The topological polar surface area (TPSA) is 149 Å². The van der Waals surface area contributed by atoms with Crippen molar-refractivity contribution in [2.24, 2.45) is 11.8 Å². The van der Waals surface area contributed by atoms with Gasteiger partial charge in [0.1, 0.15) is 0 Å². The quantitative estimate of drug-likeness (QED) is 0.177. The maximum Gasteiger partial charge on any atom is 0.306 e. The van der Waals surface area contributed by atoms with Crippen molar-refractivity contribution in [3.8, 4) is 23.0 Å². The van der Waals surface area contributed by atoms with Crippen LogP contribution in [0.4, 0.5) is 0 Å². The predicted octanol–water partition coefficient (Wildman–Crippen LogP) is 5.01. The number of hydrogen-bond donors (Lipinski definition) is 2. The maximum absolute atomic E-state index is 12.6. The molecule has 0 fully saturated rings. The van der Waals surface area contributed by atoms with E-state index in [-0.39, 0.29) is 24.5 Å². The van der Waals surface area contributed by atoms with E-state index in [9.17, 15) is 19.2 Å². The van der Waals surface area contributed by atoms with Gasteiger partial charge in [0, 0.05) is 43.1 Å². The van der Waals surface area contributed by atoms with Crippen molar-refractivity contribution in [3.63, 3.8) is 0 Å². The van der Waals surface area contributed by atoms with Gasteiger partial charge in [-0.15, -0.1) is 11.3 Å². The molecule has 2 N–H and O–H groups in total. The molecule has 11 nitrogen and oxygen atoms in total. The van der Waals surface area contributed by atoms with Gasteiger partial charge >= 0.3 is 11.9 Å². The number of thiophene rings is 1. The molecule has 230 valence electrons. The Morgan fingerprint density at radius 3 is 1.91 bits per heavy atom. The number of nitrogens with zero attached hydrogens (tertiary/aromatic N) is 1. The Bertz CT molecular complexity index is 1530. The maximum atomic E-state index is 12.6. The summed E-state index contributed by atoms with van der Waals surface area (Å²) < 4.78 is 23.8. The molecule has 2 aromatic carbocycles. The molecule has 4 rings (SSSR count). The summed E-state index contributed by atoms with van der Waals surface area (Å²) in [5, 5.41) is 19.0. The third kappa shape index (κ3) is 7.56. The van der Waals surface area contributed by atoms with Crippen LogP contribution in [-0.4, -0.2) is 66.2 Å². The number of carboxylic acid groups (broad SMARTS) is 2.